The van der Waals surface area contributed by atoms with E-state index in [0.717, 1.165) is 25.0 Å². The van der Waals surface area contributed by atoms with Crippen molar-refractivity contribution in [3.8, 4) is 0 Å². The van der Waals surface area contributed by atoms with E-state index < -0.39 is 0 Å². The van der Waals surface area contributed by atoms with Crippen molar-refractivity contribution in [3.63, 3.8) is 0 Å². The number of amides is 1. The van der Waals surface area contributed by atoms with Crippen LogP contribution in [0.3, 0.4) is 0 Å². The minimum atomic E-state index is -0.0741. The molecule has 1 amide bonds. The van der Waals surface area contributed by atoms with Gasteiger partial charge in [0.25, 0.3) is 5.91 Å². The molecule has 1 atom stereocenters. The van der Waals surface area contributed by atoms with E-state index in [1.54, 1.807) is 24.8 Å². The van der Waals surface area contributed by atoms with Gasteiger partial charge in [0.2, 0.25) is 0 Å². The van der Waals surface area contributed by atoms with Crippen LogP contribution in [-0.2, 0) is 11.3 Å². The Labute approximate surface area is 145 Å². The molecular formula is C17H20N4O2S. The van der Waals surface area contributed by atoms with E-state index >= 15 is 0 Å². The van der Waals surface area contributed by atoms with Crippen molar-refractivity contribution in [2.45, 2.75) is 30.6 Å². The van der Waals surface area contributed by atoms with Gasteiger partial charge in [-0.2, -0.15) is 0 Å². The highest BCUT2D eigenvalue weighted by Crippen LogP contribution is 2.17. The number of nitrogens with zero attached hydrogens (tertiary/aromatic N) is 4. The molecule has 1 aliphatic rings. The van der Waals surface area contributed by atoms with E-state index in [9.17, 15) is 4.79 Å². The first-order valence-electron chi connectivity index (χ1n) is 7.92. The topological polar surface area (TPSA) is 68.2 Å². The number of aromatic nitrogens is 3. The van der Waals surface area contributed by atoms with Gasteiger partial charge in [0.05, 0.1) is 11.7 Å². The van der Waals surface area contributed by atoms with Crippen LogP contribution in [0.5, 0.6) is 0 Å². The van der Waals surface area contributed by atoms with Crippen molar-refractivity contribution >= 4 is 17.7 Å². The fourth-order valence-corrected chi connectivity index (χ4v) is 2.99. The second kappa shape index (κ2) is 8.21. The lowest BCUT2D eigenvalue weighted by atomic mass is 10.1. The average Bonchev–Trinajstić information content (AvgIpc) is 3.15. The molecule has 0 spiro atoms. The Morgan fingerprint density at radius 1 is 1.33 bits per heavy atom. The fourth-order valence-electron chi connectivity index (χ4n) is 2.68. The van der Waals surface area contributed by atoms with Gasteiger partial charge < -0.3 is 9.64 Å². The van der Waals surface area contributed by atoms with Gasteiger partial charge in [-0.3, -0.25) is 9.78 Å². The predicted octanol–water partition coefficient (Wildman–Crippen LogP) is 2.41. The number of thioether (sulfide) groups is 1. The third-order valence-electron chi connectivity index (χ3n) is 3.92. The summed E-state index contributed by atoms with van der Waals surface area (Å²) in [5.74, 6) is -0.0741. The van der Waals surface area contributed by atoms with Crippen LogP contribution < -0.4 is 0 Å². The molecule has 6 nitrogen and oxygen atoms in total. The fraction of sp³-hybridized carbons (Fsp3) is 0.412. The number of hydrogen-bond acceptors (Lipinski definition) is 6. The second-order valence-corrected chi connectivity index (χ2v) is 6.41. The Bertz CT molecular complexity index is 660. The summed E-state index contributed by atoms with van der Waals surface area (Å²) in [5, 5.41) is 0.659. The van der Waals surface area contributed by atoms with Crippen LogP contribution in [0, 0.1) is 0 Å². The van der Waals surface area contributed by atoms with Gasteiger partial charge in [0, 0.05) is 44.5 Å². The van der Waals surface area contributed by atoms with Crippen LogP contribution in [0.2, 0.25) is 0 Å². The maximum atomic E-state index is 12.9. The first kappa shape index (κ1) is 16.9. The number of carbonyl (C=O) groups excluding carboxylic acids is 1. The summed E-state index contributed by atoms with van der Waals surface area (Å²) in [7, 11) is 0. The largest absolute Gasteiger partial charge is 0.376 e. The van der Waals surface area contributed by atoms with E-state index in [1.807, 2.05) is 23.3 Å². The molecule has 24 heavy (non-hydrogen) atoms. The lowest BCUT2D eigenvalue weighted by Gasteiger charge is -2.25. The van der Waals surface area contributed by atoms with Gasteiger partial charge >= 0.3 is 0 Å². The van der Waals surface area contributed by atoms with E-state index in [-0.39, 0.29) is 12.0 Å². The van der Waals surface area contributed by atoms with Crippen molar-refractivity contribution < 1.29 is 9.53 Å². The number of hydrogen-bond donors (Lipinski definition) is 0. The molecule has 2 aromatic rings. The maximum Gasteiger partial charge on any atom is 0.257 e. The van der Waals surface area contributed by atoms with Crippen LogP contribution in [0.4, 0.5) is 0 Å². The monoisotopic (exact) mass is 344 g/mol. The smallest absolute Gasteiger partial charge is 0.257 e. The third-order valence-corrected chi connectivity index (χ3v) is 4.49. The second-order valence-electron chi connectivity index (χ2n) is 5.63. The Balaban J connectivity index is 1.77. The Hall–Kier alpha value is -1.99. The van der Waals surface area contributed by atoms with Crippen molar-refractivity contribution in [3.05, 3.63) is 48.0 Å². The highest BCUT2D eigenvalue weighted by atomic mass is 32.2. The number of rotatable bonds is 6. The molecule has 0 unspecified atom stereocenters. The third kappa shape index (κ3) is 4.30. The number of ether oxygens (including phenoxy) is 1. The van der Waals surface area contributed by atoms with E-state index in [4.69, 9.17) is 4.74 Å². The van der Waals surface area contributed by atoms with Gasteiger partial charge in [-0.05, 0) is 36.8 Å². The van der Waals surface area contributed by atoms with Crippen LogP contribution in [0.15, 0.2) is 42.1 Å². The zero-order valence-electron chi connectivity index (χ0n) is 13.6. The van der Waals surface area contributed by atoms with Crippen molar-refractivity contribution in [1.82, 2.24) is 19.9 Å². The molecule has 0 aliphatic carbocycles. The van der Waals surface area contributed by atoms with Gasteiger partial charge in [0.15, 0.2) is 5.16 Å². The maximum absolute atomic E-state index is 12.9. The molecule has 1 saturated heterocycles. The van der Waals surface area contributed by atoms with Crippen molar-refractivity contribution in [1.29, 1.82) is 0 Å². The summed E-state index contributed by atoms with van der Waals surface area (Å²) in [6, 6.07) is 3.84. The minimum absolute atomic E-state index is 0.0741. The van der Waals surface area contributed by atoms with Crippen LogP contribution in [0.1, 0.15) is 28.8 Å². The summed E-state index contributed by atoms with van der Waals surface area (Å²) in [5.41, 5.74) is 1.54. The molecule has 0 radical (unpaired) electrons. The summed E-state index contributed by atoms with van der Waals surface area (Å²) in [4.78, 5) is 27.1. The summed E-state index contributed by atoms with van der Waals surface area (Å²) < 4.78 is 5.70. The van der Waals surface area contributed by atoms with Gasteiger partial charge in [-0.25, -0.2) is 9.97 Å². The standard InChI is InChI=1S/C17H20N4O2S/c1-24-17-19-9-14(10-20-17)16(22)21(12-15-3-2-8-23-15)11-13-4-6-18-7-5-13/h4-7,9-10,15H,2-3,8,11-12H2,1H3/t15-/m0/s1. The normalized spacial score (nSPS) is 17.0. The lowest BCUT2D eigenvalue weighted by Crippen LogP contribution is -2.37. The molecule has 3 rings (SSSR count). The highest BCUT2D eigenvalue weighted by molar-refractivity contribution is 7.98. The number of pyridine rings is 1. The van der Waals surface area contributed by atoms with Crippen LogP contribution >= 0.6 is 11.8 Å². The molecule has 0 bridgehead atoms. The number of carbonyl (C=O) groups is 1. The molecule has 0 N–H and O–H groups in total. The summed E-state index contributed by atoms with van der Waals surface area (Å²) >= 11 is 1.45. The molecular weight excluding hydrogens is 324 g/mol. The lowest BCUT2D eigenvalue weighted by molar-refractivity contribution is 0.0506. The van der Waals surface area contributed by atoms with E-state index in [0.29, 0.717) is 23.8 Å². The van der Waals surface area contributed by atoms with Gasteiger partial charge in [-0.15, -0.1) is 0 Å². The Kier molecular flexibility index (Phi) is 5.77. The Morgan fingerprint density at radius 3 is 2.71 bits per heavy atom. The predicted molar refractivity (Wildman–Crippen MR) is 91.8 cm³/mol. The molecule has 0 aromatic carbocycles. The summed E-state index contributed by atoms with van der Waals surface area (Å²) in [6.07, 6.45) is 10.7. The zero-order valence-corrected chi connectivity index (χ0v) is 14.4. The molecule has 3 heterocycles. The molecule has 7 heteroatoms. The van der Waals surface area contributed by atoms with Gasteiger partial charge in [0.1, 0.15) is 0 Å². The van der Waals surface area contributed by atoms with E-state index in [2.05, 4.69) is 15.0 Å². The van der Waals surface area contributed by atoms with Gasteiger partial charge in [-0.1, -0.05) is 11.8 Å². The molecule has 126 valence electrons. The van der Waals surface area contributed by atoms with Crippen molar-refractivity contribution in [2.75, 3.05) is 19.4 Å². The molecule has 1 fully saturated rings. The SMILES string of the molecule is CSc1ncc(C(=O)N(Cc2ccncc2)C[C@@H]2CCCO2)cn1. The molecule has 2 aromatic heterocycles. The van der Waals surface area contributed by atoms with Crippen LogP contribution in [0.25, 0.3) is 0 Å². The zero-order chi connectivity index (χ0) is 16.8. The highest BCUT2D eigenvalue weighted by Gasteiger charge is 2.24. The van der Waals surface area contributed by atoms with Crippen molar-refractivity contribution in [2.24, 2.45) is 0 Å². The Morgan fingerprint density at radius 2 is 2.08 bits per heavy atom. The minimum Gasteiger partial charge on any atom is -0.376 e. The first-order chi connectivity index (χ1) is 11.8. The first-order valence-corrected chi connectivity index (χ1v) is 9.14. The average molecular weight is 344 g/mol. The van der Waals surface area contributed by atoms with Crippen LogP contribution in [-0.4, -0.2) is 51.3 Å². The summed E-state index contributed by atoms with van der Waals surface area (Å²) in [6.45, 7) is 1.87. The molecule has 1 aliphatic heterocycles. The molecule has 0 saturated carbocycles. The quantitative estimate of drug-likeness (QED) is 0.592. The van der Waals surface area contributed by atoms with E-state index in [1.165, 1.54) is 11.8 Å².